The van der Waals surface area contributed by atoms with Crippen LogP contribution in [-0.4, -0.2) is 42.4 Å². The maximum atomic E-state index is 12.5. The minimum atomic E-state index is -0.213. The largest absolute Gasteiger partial charge is 0.495 e. The first kappa shape index (κ1) is 22.2. The quantitative estimate of drug-likeness (QED) is 0.404. The van der Waals surface area contributed by atoms with Gasteiger partial charge in [0.2, 0.25) is 5.91 Å². The Kier molecular flexibility index (Phi) is 7.02. The van der Waals surface area contributed by atoms with Gasteiger partial charge in [-0.15, -0.1) is 0 Å². The van der Waals surface area contributed by atoms with E-state index < -0.39 is 0 Å². The summed E-state index contributed by atoms with van der Waals surface area (Å²) in [6, 6.07) is 13.6. The number of carbonyl (C=O) groups is 1. The molecule has 4 rings (SSSR count). The van der Waals surface area contributed by atoms with Crippen LogP contribution in [0.25, 0.3) is 0 Å². The molecule has 1 aromatic heterocycles. The molecule has 0 saturated heterocycles. The highest BCUT2D eigenvalue weighted by molar-refractivity contribution is 7.99. The molecule has 7 nitrogen and oxygen atoms in total. The molecule has 0 fully saturated rings. The van der Waals surface area contributed by atoms with Crippen molar-refractivity contribution in [3.05, 3.63) is 64.8 Å². The smallest absolute Gasteiger partial charge is 0.234 e. The van der Waals surface area contributed by atoms with E-state index >= 15 is 0 Å². The van der Waals surface area contributed by atoms with Gasteiger partial charge in [-0.25, -0.2) is 9.97 Å². The van der Waals surface area contributed by atoms with Gasteiger partial charge in [-0.1, -0.05) is 47.6 Å². The number of benzene rings is 2. The van der Waals surface area contributed by atoms with E-state index in [1.54, 1.807) is 18.3 Å². The molecule has 0 bridgehead atoms. The van der Waals surface area contributed by atoms with Crippen LogP contribution >= 0.6 is 23.4 Å². The molecule has 9 heteroatoms. The Labute approximate surface area is 196 Å². The van der Waals surface area contributed by atoms with Crippen LogP contribution in [0.1, 0.15) is 11.1 Å². The Balaban J connectivity index is 1.39. The van der Waals surface area contributed by atoms with Crippen LogP contribution < -0.4 is 19.7 Å². The number of nitrogens with zero attached hydrogens (tertiary/aromatic N) is 3. The number of thioether (sulfide) groups is 1. The van der Waals surface area contributed by atoms with Crippen molar-refractivity contribution >= 4 is 40.8 Å². The summed E-state index contributed by atoms with van der Waals surface area (Å²) in [7, 11) is 3.04. The zero-order valence-electron chi connectivity index (χ0n) is 17.8. The SMILES string of the molecule is COc1cc(OC)c(NC(=O)CSc2nccc(N3CCc4ccccc4C3)n2)cc1Cl. The number of ether oxygens (including phenoxy) is 2. The first-order valence-electron chi connectivity index (χ1n) is 10.1. The summed E-state index contributed by atoms with van der Waals surface area (Å²) in [4.78, 5) is 23.7. The van der Waals surface area contributed by atoms with Gasteiger partial charge in [-0.05, 0) is 29.7 Å². The number of fused-ring (bicyclic) bond motifs is 1. The maximum absolute atomic E-state index is 12.5. The molecule has 1 aliphatic heterocycles. The number of aromatic nitrogens is 2. The number of hydrogen-bond acceptors (Lipinski definition) is 7. The predicted molar refractivity (Wildman–Crippen MR) is 127 cm³/mol. The first-order valence-corrected chi connectivity index (χ1v) is 11.4. The van der Waals surface area contributed by atoms with Crippen molar-refractivity contribution in [1.29, 1.82) is 0 Å². The fourth-order valence-corrected chi connectivity index (χ4v) is 4.41. The molecule has 3 aromatic rings. The number of methoxy groups -OCH3 is 2. The second-order valence-electron chi connectivity index (χ2n) is 7.16. The van der Waals surface area contributed by atoms with E-state index in [1.165, 1.54) is 37.1 Å². The van der Waals surface area contributed by atoms with Gasteiger partial charge in [0.25, 0.3) is 0 Å². The molecular weight excluding hydrogens is 448 g/mol. The van der Waals surface area contributed by atoms with E-state index in [9.17, 15) is 4.79 Å². The lowest BCUT2D eigenvalue weighted by Gasteiger charge is -2.29. The number of rotatable bonds is 7. The molecule has 2 heterocycles. The molecule has 166 valence electrons. The second-order valence-corrected chi connectivity index (χ2v) is 8.51. The molecule has 0 spiro atoms. The highest BCUT2D eigenvalue weighted by Gasteiger charge is 2.18. The van der Waals surface area contributed by atoms with E-state index in [1.807, 2.05) is 6.07 Å². The second kappa shape index (κ2) is 10.1. The maximum Gasteiger partial charge on any atom is 0.234 e. The average Bonchev–Trinajstić information content (AvgIpc) is 2.83. The predicted octanol–water partition coefficient (Wildman–Crippen LogP) is 4.44. The lowest BCUT2D eigenvalue weighted by atomic mass is 10.00. The normalized spacial score (nSPS) is 12.8. The Morgan fingerprint density at radius 3 is 2.72 bits per heavy atom. The Morgan fingerprint density at radius 1 is 1.16 bits per heavy atom. The molecule has 0 saturated carbocycles. The lowest BCUT2D eigenvalue weighted by Crippen LogP contribution is -2.31. The third kappa shape index (κ3) is 5.08. The van der Waals surface area contributed by atoms with E-state index in [0.717, 1.165) is 25.3 Å². The van der Waals surface area contributed by atoms with Crippen molar-refractivity contribution in [3.63, 3.8) is 0 Å². The molecule has 2 aromatic carbocycles. The number of hydrogen-bond donors (Lipinski definition) is 1. The molecule has 0 aliphatic carbocycles. The number of halogens is 1. The number of amides is 1. The summed E-state index contributed by atoms with van der Waals surface area (Å²) in [6.07, 6.45) is 2.71. The Bertz CT molecular complexity index is 1130. The van der Waals surface area contributed by atoms with Crippen molar-refractivity contribution in [2.75, 3.05) is 36.7 Å². The average molecular weight is 471 g/mol. The van der Waals surface area contributed by atoms with Gasteiger partial charge in [0.1, 0.15) is 17.3 Å². The number of nitrogens with one attached hydrogen (secondary N) is 1. The number of anilines is 2. The van der Waals surface area contributed by atoms with Crippen LogP contribution in [0.15, 0.2) is 53.8 Å². The van der Waals surface area contributed by atoms with Crippen molar-refractivity contribution in [3.8, 4) is 11.5 Å². The topological polar surface area (TPSA) is 76.6 Å². The van der Waals surface area contributed by atoms with Gasteiger partial charge >= 0.3 is 0 Å². The molecule has 32 heavy (non-hydrogen) atoms. The van der Waals surface area contributed by atoms with E-state index in [4.69, 9.17) is 21.1 Å². The molecule has 1 amide bonds. The van der Waals surface area contributed by atoms with E-state index in [0.29, 0.717) is 27.4 Å². The Morgan fingerprint density at radius 2 is 1.94 bits per heavy atom. The summed E-state index contributed by atoms with van der Waals surface area (Å²) < 4.78 is 10.5. The van der Waals surface area contributed by atoms with Gasteiger partial charge in [-0.3, -0.25) is 4.79 Å². The van der Waals surface area contributed by atoms with Gasteiger partial charge < -0.3 is 19.7 Å². The van der Waals surface area contributed by atoms with E-state index in [-0.39, 0.29) is 11.7 Å². The van der Waals surface area contributed by atoms with E-state index in [2.05, 4.69) is 44.5 Å². The van der Waals surface area contributed by atoms with Gasteiger partial charge in [0.15, 0.2) is 5.16 Å². The summed E-state index contributed by atoms with van der Waals surface area (Å²) in [5.41, 5.74) is 3.18. The summed E-state index contributed by atoms with van der Waals surface area (Å²) >= 11 is 7.45. The summed E-state index contributed by atoms with van der Waals surface area (Å²) in [5, 5.41) is 3.76. The molecule has 1 N–H and O–H groups in total. The van der Waals surface area contributed by atoms with Crippen LogP contribution in [0.4, 0.5) is 11.5 Å². The molecule has 0 radical (unpaired) electrons. The molecule has 1 aliphatic rings. The zero-order chi connectivity index (χ0) is 22.5. The molecule has 0 atom stereocenters. The van der Waals surface area contributed by atoms with Gasteiger partial charge in [0.05, 0.1) is 30.7 Å². The first-order chi connectivity index (χ1) is 15.6. The highest BCUT2D eigenvalue weighted by Crippen LogP contribution is 2.36. The minimum absolute atomic E-state index is 0.152. The van der Waals surface area contributed by atoms with Crippen LogP contribution in [0.3, 0.4) is 0 Å². The van der Waals surface area contributed by atoms with Crippen molar-refractivity contribution in [2.45, 2.75) is 18.1 Å². The summed E-state index contributed by atoms with van der Waals surface area (Å²) in [6.45, 7) is 1.71. The van der Waals surface area contributed by atoms with Crippen molar-refractivity contribution < 1.29 is 14.3 Å². The van der Waals surface area contributed by atoms with Crippen LogP contribution in [0, 0.1) is 0 Å². The molecular formula is C23H23ClN4O3S. The van der Waals surface area contributed by atoms with Crippen LogP contribution in [0.5, 0.6) is 11.5 Å². The van der Waals surface area contributed by atoms with Crippen molar-refractivity contribution in [1.82, 2.24) is 9.97 Å². The minimum Gasteiger partial charge on any atom is -0.495 e. The summed E-state index contributed by atoms with van der Waals surface area (Å²) in [5.74, 6) is 1.74. The standard InChI is InChI=1S/C23H23ClN4O3S/c1-30-19-12-20(31-2)18(11-17(19)24)26-22(29)14-32-23-25-9-7-21(27-23)28-10-8-15-5-3-4-6-16(15)13-28/h3-7,9,11-12H,8,10,13-14H2,1-2H3,(H,26,29). The Hall–Kier alpha value is -2.97. The fraction of sp³-hybridized carbons (Fsp3) is 0.261. The highest BCUT2D eigenvalue weighted by atomic mass is 35.5. The monoisotopic (exact) mass is 470 g/mol. The fourth-order valence-electron chi connectivity index (χ4n) is 3.54. The zero-order valence-corrected chi connectivity index (χ0v) is 19.4. The molecule has 0 unspecified atom stereocenters. The van der Waals surface area contributed by atoms with Crippen LogP contribution in [0.2, 0.25) is 5.02 Å². The van der Waals surface area contributed by atoms with Gasteiger partial charge in [-0.2, -0.15) is 0 Å². The lowest BCUT2D eigenvalue weighted by molar-refractivity contribution is -0.113. The van der Waals surface area contributed by atoms with Gasteiger partial charge in [0, 0.05) is 25.4 Å². The number of carbonyl (C=O) groups excluding carboxylic acids is 1. The third-order valence-corrected chi connectivity index (χ3v) is 6.31. The van der Waals surface area contributed by atoms with Crippen molar-refractivity contribution in [2.24, 2.45) is 0 Å². The third-order valence-electron chi connectivity index (χ3n) is 5.15. The van der Waals surface area contributed by atoms with Crippen LogP contribution in [-0.2, 0) is 17.8 Å².